The third kappa shape index (κ3) is 5.74. The van der Waals surface area contributed by atoms with Crippen molar-refractivity contribution in [1.29, 1.82) is 0 Å². The van der Waals surface area contributed by atoms with Crippen molar-refractivity contribution < 1.29 is 23.9 Å². The predicted molar refractivity (Wildman–Crippen MR) is 124 cm³/mol. The number of ether oxygens (including phenoxy) is 2. The highest BCUT2D eigenvalue weighted by Crippen LogP contribution is 2.33. The van der Waals surface area contributed by atoms with Crippen molar-refractivity contribution in [3.05, 3.63) is 46.7 Å². The summed E-state index contributed by atoms with van der Waals surface area (Å²) in [6.45, 7) is 10.4. The lowest BCUT2D eigenvalue weighted by atomic mass is 9.92. The number of esters is 2. The van der Waals surface area contributed by atoms with Crippen LogP contribution in [0.5, 0.6) is 0 Å². The lowest BCUT2D eigenvalue weighted by molar-refractivity contribution is -0.149. The number of nitrogens with one attached hydrogen (secondary N) is 1. The molecule has 0 aliphatic carbocycles. The molecule has 1 unspecified atom stereocenters. The third-order valence-corrected chi connectivity index (χ3v) is 6.21. The number of hydrogen-bond acceptors (Lipinski definition) is 6. The molecule has 1 N–H and O–H groups in total. The van der Waals surface area contributed by atoms with Crippen LogP contribution >= 0.6 is 0 Å². The van der Waals surface area contributed by atoms with Crippen LogP contribution in [0, 0.1) is 12.8 Å². The first-order valence-corrected chi connectivity index (χ1v) is 11.8. The Hall–Kier alpha value is -2.87. The van der Waals surface area contributed by atoms with E-state index in [-0.39, 0.29) is 24.5 Å². The maximum Gasteiger partial charge on any atom is 0.338 e. The smallest absolute Gasteiger partial charge is 0.338 e. The van der Waals surface area contributed by atoms with Crippen LogP contribution in [0.4, 0.5) is 4.79 Å². The van der Waals surface area contributed by atoms with Gasteiger partial charge in [0.25, 0.3) is 0 Å². The molecule has 8 nitrogen and oxygen atoms in total. The molecule has 2 heterocycles. The normalized spacial score (nSPS) is 19.9. The van der Waals surface area contributed by atoms with E-state index in [9.17, 15) is 14.4 Å². The van der Waals surface area contributed by atoms with E-state index in [0.717, 1.165) is 11.1 Å². The summed E-state index contributed by atoms with van der Waals surface area (Å²) in [7, 11) is 0. The van der Waals surface area contributed by atoms with Crippen LogP contribution in [0.3, 0.4) is 0 Å². The number of urea groups is 1. The molecule has 2 amide bonds. The molecule has 0 spiro atoms. The maximum atomic E-state index is 13.2. The number of carbonyl (C=O) groups is 3. The predicted octanol–water partition coefficient (Wildman–Crippen LogP) is 3.17. The molecule has 1 fully saturated rings. The Morgan fingerprint density at radius 1 is 1.09 bits per heavy atom. The molecular weight excluding hydrogens is 422 g/mol. The zero-order valence-electron chi connectivity index (χ0n) is 20.1. The highest BCUT2D eigenvalue weighted by Gasteiger charge is 2.39. The van der Waals surface area contributed by atoms with Crippen molar-refractivity contribution in [3.63, 3.8) is 0 Å². The van der Waals surface area contributed by atoms with Gasteiger partial charge in [-0.3, -0.25) is 14.6 Å². The number of hydrogen-bond donors (Lipinski definition) is 1. The zero-order valence-corrected chi connectivity index (χ0v) is 20.1. The summed E-state index contributed by atoms with van der Waals surface area (Å²) in [5, 5.41) is 3.00. The fraction of sp³-hybridized carbons (Fsp3) is 0.560. The molecule has 0 radical (unpaired) electrons. The molecule has 0 aromatic heterocycles. The van der Waals surface area contributed by atoms with Crippen LogP contribution in [-0.2, 0) is 19.1 Å². The molecule has 3 rings (SSSR count). The number of carbonyl (C=O) groups excluding carboxylic acids is 3. The Labute approximate surface area is 195 Å². The minimum Gasteiger partial charge on any atom is -0.466 e. The van der Waals surface area contributed by atoms with Crippen molar-refractivity contribution in [2.24, 2.45) is 5.92 Å². The van der Waals surface area contributed by atoms with Crippen LogP contribution in [0.15, 0.2) is 35.5 Å². The first-order chi connectivity index (χ1) is 15.9. The summed E-state index contributed by atoms with van der Waals surface area (Å²) in [4.78, 5) is 42.1. The van der Waals surface area contributed by atoms with Crippen LogP contribution in [0.2, 0.25) is 0 Å². The van der Waals surface area contributed by atoms with Crippen LogP contribution in [0.1, 0.15) is 50.8 Å². The average Bonchev–Trinajstić information content (AvgIpc) is 2.79. The van der Waals surface area contributed by atoms with Gasteiger partial charge < -0.3 is 14.8 Å². The van der Waals surface area contributed by atoms with Gasteiger partial charge in [0.05, 0.1) is 30.7 Å². The van der Waals surface area contributed by atoms with Crippen LogP contribution in [0.25, 0.3) is 0 Å². The number of rotatable bonds is 8. The summed E-state index contributed by atoms with van der Waals surface area (Å²) in [6.07, 6.45) is 1.39. The van der Waals surface area contributed by atoms with Gasteiger partial charge in [-0.25, -0.2) is 9.59 Å². The van der Waals surface area contributed by atoms with Gasteiger partial charge in [-0.2, -0.15) is 0 Å². The summed E-state index contributed by atoms with van der Waals surface area (Å²) >= 11 is 0. The van der Waals surface area contributed by atoms with Gasteiger partial charge in [0, 0.05) is 18.8 Å². The molecule has 8 heteroatoms. The van der Waals surface area contributed by atoms with Gasteiger partial charge in [0.2, 0.25) is 0 Å². The van der Waals surface area contributed by atoms with E-state index in [0.29, 0.717) is 56.9 Å². The number of likely N-dealkylation sites (N-methyl/N-ethyl adjacent to an activating group) is 1. The Kier molecular flexibility index (Phi) is 8.49. The maximum absolute atomic E-state index is 13.2. The first-order valence-electron chi connectivity index (χ1n) is 11.8. The molecule has 33 heavy (non-hydrogen) atoms. The molecule has 1 saturated heterocycles. The molecule has 2 aliphatic rings. The largest absolute Gasteiger partial charge is 0.466 e. The van der Waals surface area contributed by atoms with Crippen molar-refractivity contribution in [3.8, 4) is 0 Å². The summed E-state index contributed by atoms with van der Waals surface area (Å²) < 4.78 is 10.6. The van der Waals surface area contributed by atoms with Crippen molar-refractivity contribution in [1.82, 2.24) is 15.1 Å². The monoisotopic (exact) mass is 457 g/mol. The number of piperidine rings is 1. The van der Waals surface area contributed by atoms with Crippen molar-refractivity contribution in [2.75, 3.05) is 39.4 Å². The van der Waals surface area contributed by atoms with E-state index < -0.39 is 12.0 Å². The van der Waals surface area contributed by atoms with Gasteiger partial charge in [0.1, 0.15) is 0 Å². The quantitative estimate of drug-likeness (QED) is 0.604. The van der Waals surface area contributed by atoms with E-state index in [2.05, 4.69) is 10.2 Å². The van der Waals surface area contributed by atoms with E-state index in [1.54, 1.807) is 11.8 Å². The number of benzene rings is 1. The highest BCUT2D eigenvalue weighted by atomic mass is 16.5. The number of aryl methyl sites for hydroxylation is 1. The van der Waals surface area contributed by atoms with Gasteiger partial charge in [0.15, 0.2) is 0 Å². The summed E-state index contributed by atoms with van der Waals surface area (Å²) in [5.41, 5.74) is 3.03. The lowest BCUT2D eigenvalue weighted by Gasteiger charge is -2.39. The Balaban J connectivity index is 1.93. The van der Waals surface area contributed by atoms with E-state index in [4.69, 9.17) is 9.47 Å². The fourth-order valence-electron chi connectivity index (χ4n) is 4.56. The lowest BCUT2D eigenvalue weighted by Crippen LogP contribution is -2.51. The van der Waals surface area contributed by atoms with E-state index >= 15 is 0 Å². The number of nitrogens with zero attached hydrogens (tertiary/aromatic N) is 2. The molecule has 0 saturated carbocycles. The van der Waals surface area contributed by atoms with E-state index in [1.807, 2.05) is 45.0 Å². The molecule has 1 aromatic rings. The molecule has 2 aliphatic heterocycles. The second-order valence-corrected chi connectivity index (χ2v) is 8.42. The second kappa shape index (κ2) is 11.3. The van der Waals surface area contributed by atoms with Crippen LogP contribution < -0.4 is 5.32 Å². The van der Waals surface area contributed by atoms with Gasteiger partial charge in [-0.05, 0) is 59.2 Å². The van der Waals surface area contributed by atoms with E-state index in [1.165, 1.54) is 0 Å². The average molecular weight is 458 g/mol. The number of likely N-dealkylation sites (tertiary alicyclic amines) is 1. The molecule has 1 aromatic carbocycles. The number of amides is 2. The molecule has 1 atom stereocenters. The Morgan fingerprint density at radius 3 is 2.39 bits per heavy atom. The van der Waals surface area contributed by atoms with Gasteiger partial charge >= 0.3 is 18.0 Å². The minimum absolute atomic E-state index is 0.100. The zero-order chi connectivity index (χ0) is 24.0. The topological polar surface area (TPSA) is 88.2 Å². The molecular formula is C25H35N3O5. The van der Waals surface area contributed by atoms with Crippen LogP contribution in [-0.4, -0.2) is 67.2 Å². The Morgan fingerprint density at radius 2 is 1.79 bits per heavy atom. The van der Waals surface area contributed by atoms with Gasteiger partial charge in [-0.15, -0.1) is 0 Å². The van der Waals surface area contributed by atoms with Crippen molar-refractivity contribution in [2.45, 2.75) is 46.6 Å². The summed E-state index contributed by atoms with van der Waals surface area (Å²) in [5.74, 6) is -0.661. The standard InChI is InChI=1S/C25H35N3O5/c1-5-28-20(16-27-13-11-18(12-14-27)23(29)32-6-2)21(24(30)33-7-3)22(26-25(28)31)19-10-8-9-17(4)15-19/h8-10,15,18,22H,5-7,11-14,16H2,1-4H3,(H,26,31). The highest BCUT2D eigenvalue weighted by molar-refractivity contribution is 5.95. The van der Waals surface area contributed by atoms with Gasteiger partial charge in [-0.1, -0.05) is 29.8 Å². The fourth-order valence-corrected chi connectivity index (χ4v) is 4.56. The minimum atomic E-state index is -0.577. The van der Waals surface area contributed by atoms with Crippen molar-refractivity contribution >= 4 is 18.0 Å². The molecule has 0 bridgehead atoms. The second-order valence-electron chi connectivity index (χ2n) is 8.42. The summed E-state index contributed by atoms with van der Waals surface area (Å²) in [6, 6.07) is 7.00. The SMILES string of the molecule is CCOC(=O)C1=C(CN2CCC(C(=O)OCC)CC2)N(CC)C(=O)NC1c1cccc(C)c1. The Bertz CT molecular complexity index is 905. The third-order valence-electron chi connectivity index (χ3n) is 6.21. The molecule has 180 valence electrons. The first kappa shape index (κ1) is 24.8.